The number of carboxylic acids is 1. The van der Waals surface area contributed by atoms with E-state index < -0.39 is 12.6 Å². The number of aryl methyl sites for hydroxylation is 2. The first-order valence-electron chi connectivity index (χ1n) is 7.86. The van der Waals surface area contributed by atoms with E-state index in [1.165, 1.54) is 0 Å². The fourth-order valence-electron chi connectivity index (χ4n) is 2.34. The minimum atomic E-state index is -1.04. The highest BCUT2D eigenvalue weighted by Gasteiger charge is 2.14. The van der Waals surface area contributed by atoms with Crippen molar-refractivity contribution >= 4 is 11.9 Å². The molecule has 0 atom stereocenters. The van der Waals surface area contributed by atoms with E-state index in [9.17, 15) is 9.59 Å². The van der Waals surface area contributed by atoms with Crippen LogP contribution in [0, 0.1) is 0 Å². The second kappa shape index (κ2) is 8.19. The van der Waals surface area contributed by atoms with Crippen molar-refractivity contribution in [1.29, 1.82) is 0 Å². The maximum absolute atomic E-state index is 12.2. The van der Waals surface area contributed by atoms with Gasteiger partial charge in [0.2, 0.25) is 0 Å². The third-order valence-corrected chi connectivity index (χ3v) is 3.54. The van der Waals surface area contributed by atoms with Gasteiger partial charge in [0.15, 0.2) is 12.4 Å². The second-order valence-electron chi connectivity index (χ2n) is 5.28. The van der Waals surface area contributed by atoms with Gasteiger partial charge in [-0.2, -0.15) is 0 Å². The third-order valence-electron chi connectivity index (χ3n) is 3.54. The average molecular weight is 331 g/mol. The molecule has 2 aromatic rings. The van der Waals surface area contributed by atoms with Crippen LogP contribution < -0.4 is 10.1 Å². The van der Waals surface area contributed by atoms with Crippen molar-refractivity contribution in [2.45, 2.75) is 33.2 Å². The number of rotatable bonds is 8. The molecule has 0 saturated carbocycles. The fraction of sp³-hybridized carbons (Fsp3) is 0.333. The summed E-state index contributed by atoms with van der Waals surface area (Å²) in [7, 11) is 0. The van der Waals surface area contributed by atoms with Crippen LogP contribution in [-0.4, -0.2) is 23.6 Å². The van der Waals surface area contributed by atoms with Crippen LogP contribution in [0.15, 0.2) is 34.7 Å². The Labute approximate surface area is 140 Å². The lowest BCUT2D eigenvalue weighted by atomic mass is 10.1. The molecular formula is C18H21NO5. The molecule has 2 rings (SSSR count). The molecule has 128 valence electrons. The zero-order valence-electron chi connectivity index (χ0n) is 13.8. The van der Waals surface area contributed by atoms with Gasteiger partial charge in [0.05, 0.1) is 0 Å². The molecule has 0 spiro atoms. The van der Waals surface area contributed by atoms with E-state index in [-0.39, 0.29) is 5.91 Å². The molecule has 24 heavy (non-hydrogen) atoms. The van der Waals surface area contributed by atoms with Crippen molar-refractivity contribution in [3.05, 3.63) is 53.0 Å². The summed E-state index contributed by atoms with van der Waals surface area (Å²) < 4.78 is 10.7. The van der Waals surface area contributed by atoms with Crippen LogP contribution in [0.4, 0.5) is 0 Å². The Morgan fingerprint density at radius 3 is 2.62 bits per heavy atom. The van der Waals surface area contributed by atoms with Crippen molar-refractivity contribution in [2.75, 3.05) is 6.61 Å². The number of hydrogen-bond donors (Lipinski definition) is 2. The summed E-state index contributed by atoms with van der Waals surface area (Å²) >= 11 is 0. The Balaban J connectivity index is 1.97. The normalized spacial score (nSPS) is 10.4. The van der Waals surface area contributed by atoms with Crippen LogP contribution >= 0.6 is 0 Å². The van der Waals surface area contributed by atoms with Gasteiger partial charge in [-0.3, -0.25) is 4.79 Å². The van der Waals surface area contributed by atoms with Gasteiger partial charge in [-0.25, -0.2) is 4.79 Å². The van der Waals surface area contributed by atoms with E-state index in [4.69, 9.17) is 14.3 Å². The average Bonchev–Trinajstić information content (AvgIpc) is 3.01. The lowest BCUT2D eigenvalue weighted by Crippen LogP contribution is -2.22. The maximum Gasteiger partial charge on any atom is 0.341 e. The molecule has 0 aliphatic heterocycles. The standard InChI is InChI=1S/C18H21NO5/c1-3-13-9-16(24-15(13)4-2)18(22)19-10-12-6-5-7-14(8-12)23-11-17(20)21/h5-9H,3-4,10-11H2,1-2H3,(H,19,22)(H,20,21). The third kappa shape index (κ3) is 4.62. The molecule has 0 saturated heterocycles. The fourth-order valence-corrected chi connectivity index (χ4v) is 2.34. The molecule has 0 radical (unpaired) electrons. The van der Waals surface area contributed by atoms with Crippen molar-refractivity contribution in [3.63, 3.8) is 0 Å². The minimum absolute atomic E-state index is 0.277. The second-order valence-corrected chi connectivity index (χ2v) is 5.28. The van der Waals surface area contributed by atoms with E-state index in [1.807, 2.05) is 19.9 Å². The smallest absolute Gasteiger partial charge is 0.341 e. The number of carbonyl (C=O) groups is 2. The van der Waals surface area contributed by atoms with Gasteiger partial charge in [0, 0.05) is 13.0 Å². The highest BCUT2D eigenvalue weighted by Crippen LogP contribution is 2.17. The van der Waals surface area contributed by atoms with E-state index in [1.54, 1.807) is 24.3 Å². The van der Waals surface area contributed by atoms with Crippen molar-refractivity contribution in [3.8, 4) is 5.75 Å². The Morgan fingerprint density at radius 2 is 2.00 bits per heavy atom. The van der Waals surface area contributed by atoms with Crippen molar-refractivity contribution < 1.29 is 23.8 Å². The Bertz CT molecular complexity index is 698. The number of benzene rings is 1. The van der Waals surface area contributed by atoms with Crippen LogP contribution in [-0.2, 0) is 24.2 Å². The Hall–Kier alpha value is -2.76. The summed E-state index contributed by atoms with van der Waals surface area (Å²) in [5, 5.41) is 11.4. The van der Waals surface area contributed by atoms with E-state index in [0.29, 0.717) is 18.1 Å². The summed E-state index contributed by atoms with van der Waals surface area (Å²) in [6, 6.07) is 8.71. The van der Waals surface area contributed by atoms with Gasteiger partial charge in [0.1, 0.15) is 11.5 Å². The van der Waals surface area contributed by atoms with Gasteiger partial charge >= 0.3 is 5.97 Å². The number of carboxylic acid groups (broad SMARTS) is 1. The first-order valence-corrected chi connectivity index (χ1v) is 7.86. The van der Waals surface area contributed by atoms with Crippen LogP contribution in [0.2, 0.25) is 0 Å². The summed E-state index contributed by atoms with van der Waals surface area (Å²) in [4.78, 5) is 22.7. The van der Waals surface area contributed by atoms with Crippen molar-refractivity contribution in [2.24, 2.45) is 0 Å². The van der Waals surface area contributed by atoms with Crippen LogP contribution in [0.3, 0.4) is 0 Å². The monoisotopic (exact) mass is 331 g/mol. The number of amides is 1. The summed E-state index contributed by atoms with van der Waals surface area (Å²) in [6.45, 7) is 3.91. The van der Waals surface area contributed by atoms with E-state index in [0.717, 1.165) is 29.7 Å². The quantitative estimate of drug-likeness (QED) is 0.776. The van der Waals surface area contributed by atoms with Gasteiger partial charge in [-0.1, -0.05) is 26.0 Å². The molecule has 0 unspecified atom stereocenters. The van der Waals surface area contributed by atoms with Gasteiger partial charge < -0.3 is 19.6 Å². The summed E-state index contributed by atoms with van der Waals surface area (Å²) in [6.07, 6.45) is 1.57. The predicted octanol–water partition coefficient (Wildman–Crippen LogP) is 2.80. The topological polar surface area (TPSA) is 88.8 Å². The molecule has 6 nitrogen and oxygen atoms in total. The number of aliphatic carboxylic acids is 1. The zero-order valence-corrected chi connectivity index (χ0v) is 13.8. The van der Waals surface area contributed by atoms with Gasteiger partial charge in [-0.05, 0) is 35.7 Å². The number of carbonyl (C=O) groups excluding carboxylic acids is 1. The van der Waals surface area contributed by atoms with Gasteiger partial charge in [0.25, 0.3) is 5.91 Å². The first kappa shape index (κ1) is 17.6. The molecule has 2 N–H and O–H groups in total. The molecule has 1 heterocycles. The Morgan fingerprint density at radius 1 is 1.21 bits per heavy atom. The Kier molecular flexibility index (Phi) is 6.01. The lowest BCUT2D eigenvalue weighted by Gasteiger charge is -2.07. The van der Waals surface area contributed by atoms with Crippen LogP contribution in [0.25, 0.3) is 0 Å². The molecule has 1 aromatic carbocycles. The zero-order chi connectivity index (χ0) is 17.5. The van der Waals surface area contributed by atoms with E-state index >= 15 is 0 Å². The molecular weight excluding hydrogens is 310 g/mol. The molecule has 1 aromatic heterocycles. The lowest BCUT2D eigenvalue weighted by molar-refractivity contribution is -0.139. The SMILES string of the molecule is CCc1cc(C(=O)NCc2cccc(OCC(=O)O)c2)oc1CC. The first-order chi connectivity index (χ1) is 11.5. The van der Waals surface area contributed by atoms with Crippen LogP contribution in [0.5, 0.6) is 5.75 Å². The van der Waals surface area contributed by atoms with E-state index in [2.05, 4.69) is 5.32 Å². The summed E-state index contributed by atoms with van der Waals surface area (Å²) in [5.74, 6) is 0.281. The largest absolute Gasteiger partial charge is 0.482 e. The van der Waals surface area contributed by atoms with Crippen molar-refractivity contribution in [1.82, 2.24) is 5.32 Å². The number of hydrogen-bond acceptors (Lipinski definition) is 4. The molecule has 0 bridgehead atoms. The maximum atomic E-state index is 12.2. The number of nitrogens with one attached hydrogen (secondary N) is 1. The number of ether oxygens (including phenoxy) is 1. The van der Waals surface area contributed by atoms with Gasteiger partial charge in [-0.15, -0.1) is 0 Å². The van der Waals surface area contributed by atoms with Crippen LogP contribution in [0.1, 0.15) is 41.3 Å². The predicted molar refractivity (Wildman–Crippen MR) is 88.2 cm³/mol. The summed E-state index contributed by atoms with van der Waals surface area (Å²) in [5.41, 5.74) is 1.86. The highest BCUT2D eigenvalue weighted by atomic mass is 16.5. The molecule has 0 fully saturated rings. The molecule has 0 aliphatic carbocycles. The highest BCUT2D eigenvalue weighted by molar-refractivity contribution is 5.91. The molecule has 0 aliphatic rings. The molecule has 1 amide bonds. The minimum Gasteiger partial charge on any atom is -0.482 e. The molecule has 6 heteroatoms. The number of furan rings is 1.